The van der Waals surface area contributed by atoms with Gasteiger partial charge in [0.05, 0.1) is 0 Å². The lowest BCUT2D eigenvalue weighted by Crippen LogP contribution is -2.22. The first-order valence-corrected chi connectivity index (χ1v) is 3.66. The van der Waals surface area contributed by atoms with Gasteiger partial charge < -0.3 is 16.0 Å². The molecule has 0 spiro atoms. The van der Waals surface area contributed by atoms with Gasteiger partial charge in [0.1, 0.15) is 0 Å². The topological polar surface area (TPSA) is 53.2 Å². The number of rotatable bonds is 3. The second-order valence-corrected chi connectivity index (χ2v) is 2.03. The van der Waals surface area contributed by atoms with Crippen LogP contribution >= 0.6 is 0 Å². The Kier molecular flexibility index (Phi) is 92.0. The van der Waals surface area contributed by atoms with Crippen LogP contribution in [0.2, 0.25) is 0 Å². The van der Waals surface area contributed by atoms with Gasteiger partial charge in [0.2, 0.25) is 5.91 Å². The van der Waals surface area contributed by atoms with Gasteiger partial charge in [-0.3, -0.25) is 4.79 Å². The van der Waals surface area contributed by atoms with Crippen LogP contribution in [0.25, 0.3) is 0 Å². The molecule has 100 valence electrons. The molecule has 0 aromatic carbocycles. The molecule has 0 heterocycles. The molecule has 15 heavy (non-hydrogen) atoms. The number of nitrogens with one attached hydrogen (secondary N) is 3. The Labute approximate surface area is 98.2 Å². The van der Waals surface area contributed by atoms with Gasteiger partial charge in [0.25, 0.3) is 0 Å². The van der Waals surface area contributed by atoms with Gasteiger partial charge in [-0.2, -0.15) is 0 Å². The van der Waals surface area contributed by atoms with Crippen LogP contribution in [0.3, 0.4) is 0 Å². The molecule has 0 saturated carbocycles. The van der Waals surface area contributed by atoms with E-state index in [4.69, 9.17) is 0 Å². The Morgan fingerprint density at radius 1 is 0.933 bits per heavy atom. The smallest absolute Gasteiger partial charge is 0.221 e. The van der Waals surface area contributed by atoms with Gasteiger partial charge in [-0.1, -0.05) is 29.7 Å². The highest BCUT2D eigenvalue weighted by Crippen LogP contribution is 1.71. The zero-order chi connectivity index (χ0) is 9.11. The van der Waals surface area contributed by atoms with Crippen molar-refractivity contribution in [1.29, 1.82) is 0 Å². The molecule has 1 amide bonds. The van der Waals surface area contributed by atoms with Crippen LogP contribution in [0.15, 0.2) is 0 Å². The summed E-state index contributed by atoms with van der Waals surface area (Å²) in [7, 11) is 7.21. The first kappa shape index (κ1) is 36.7. The SMILES string of the molecule is C.C.C.C.CNC.CNCCC(=O)NC. The minimum Gasteiger partial charge on any atom is -0.359 e. The first-order chi connectivity index (χ1) is 5.22. The van der Waals surface area contributed by atoms with Gasteiger partial charge in [0, 0.05) is 20.0 Å². The van der Waals surface area contributed by atoms with Crippen molar-refractivity contribution in [2.24, 2.45) is 0 Å². The summed E-state index contributed by atoms with van der Waals surface area (Å²) < 4.78 is 0. The highest BCUT2D eigenvalue weighted by molar-refractivity contribution is 5.75. The molecule has 0 unspecified atom stereocenters. The summed E-state index contributed by atoms with van der Waals surface area (Å²) in [6.45, 7) is 0.750. The van der Waals surface area contributed by atoms with E-state index in [0.29, 0.717) is 6.42 Å². The zero-order valence-corrected chi connectivity index (χ0v) is 7.82. The predicted molar refractivity (Wildman–Crippen MR) is 74.5 cm³/mol. The molecule has 0 aliphatic carbocycles. The molecule has 0 saturated heterocycles. The van der Waals surface area contributed by atoms with E-state index in [1.54, 1.807) is 7.05 Å². The van der Waals surface area contributed by atoms with Gasteiger partial charge >= 0.3 is 0 Å². The van der Waals surface area contributed by atoms with Crippen LogP contribution in [-0.2, 0) is 4.79 Å². The van der Waals surface area contributed by atoms with Crippen LogP contribution in [0.5, 0.6) is 0 Å². The molecule has 0 rings (SSSR count). The maximum Gasteiger partial charge on any atom is 0.221 e. The van der Waals surface area contributed by atoms with Crippen LogP contribution in [0.1, 0.15) is 36.1 Å². The largest absolute Gasteiger partial charge is 0.359 e. The molecule has 0 aliphatic heterocycles. The van der Waals surface area contributed by atoms with E-state index < -0.39 is 0 Å². The second-order valence-electron chi connectivity index (χ2n) is 2.03. The normalized spacial score (nSPS) is 5.87. The Hall–Kier alpha value is -0.610. The van der Waals surface area contributed by atoms with E-state index >= 15 is 0 Å². The van der Waals surface area contributed by atoms with Gasteiger partial charge in [-0.15, -0.1) is 0 Å². The molecular formula is C11H35N3O. The molecule has 4 nitrogen and oxygen atoms in total. The van der Waals surface area contributed by atoms with Gasteiger partial charge in [-0.05, 0) is 21.1 Å². The average molecular weight is 225 g/mol. The summed E-state index contributed by atoms with van der Waals surface area (Å²) >= 11 is 0. The predicted octanol–water partition coefficient (Wildman–Crippen LogP) is 1.72. The highest BCUT2D eigenvalue weighted by atomic mass is 16.1. The molecule has 4 heteroatoms. The molecule has 0 atom stereocenters. The van der Waals surface area contributed by atoms with Crippen molar-refractivity contribution in [3.05, 3.63) is 0 Å². The van der Waals surface area contributed by atoms with Gasteiger partial charge in [-0.25, -0.2) is 0 Å². The third kappa shape index (κ3) is 59.8. The van der Waals surface area contributed by atoms with E-state index in [1.807, 2.05) is 21.1 Å². The third-order valence-corrected chi connectivity index (χ3v) is 0.881. The summed E-state index contributed by atoms with van der Waals surface area (Å²) in [6.07, 6.45) is 0.562. The molecule has 0 fully saturated rings. The fourth-order valence-electron chi connectivity index (χ4n) is 0.364. The second kappa shape index (κ2) is 37.6. The van der Waals surface area contributed by atoms with Crippen LogP contribution < -0.4 is 16.0 Å². The first-order valence-electron chi connectivity index (χ1n) is 3.66. The molecule has 0 radical (unpaired) electrons. The Balaban J connectivity index is -0.0000000262. The van der Waals surface area contributed by atoms with Crippen molar-refractivity contribution in [2.45, 2.75) is 36.1 Å². The quantitative estimate of drug-likeness (QED) is 0.685. The van der Waals surface area contributed by atoms with Crippen LogP contribution in [0.4, 0.5) is 0 Å². The minimum absolute atomic E-state index is 0. The van der Waals surface area contributed by atoms with Crippen LogP contribution in [0, 0.1) is 0 Å². The summed E-state index contributed by atoms with van der Waals surface area (Å²) in [5.74, 6) is 0.0827. The lowest BCUT2D eigenvalue weighted by molar-refractivity contribution is -0.120. The monoisotopic (exact) mass is 225 g/mol. The number of hydrogen-bond acceptors (Lipinski definition) is 3. The van der Waals surface area contributed by atoms with E-state index in [1.165, 1.54) is 0 Å². The maximum absolute atomic E-state index is 10.4. The molecule has 0 aromatic rings. The van der Waals surface area contributed by atoms with E-state index in [2.05, 4.69) is 16.0 Å². The Morgan fingerprint density at radius 3 is 1.47 bits per heavy atom. The summed E-state index contributed by atoms with van der Waals surface area (Å²) in [5, 5.41) is 8.14. The summed E-state index contributed by atoms with van der Waals surface area (Å²) in [4.78, 5) is 10.4. The van der Waals surface area contributed by atoms with Crippen molar-refractivity contribution < 1.29 is 4.79 Å². The maximum atomic E-state index is 10.4. The highest BCUT2D eigenvalue weighted by Gasteiger charge is 1.92. The fourth-order valence-corrected chi connectivity index (χ4v) is 0.364. The van der Waals surface area contributed by atoms with Crippen molar-refractivity contribution >= 4 is 5.91 Å². The standard InChI is InChI=1S/C5H12N2O.C2H7N.4CH4/c1-6-4-3-5(8)7-2;1-3-2;;;;/h6H,3-4H2,1-2H3,(H,7,8);3H,1-2H3;4*1H4. The van der Waals surface area contributed by atoms with Crippen molar-refractivity contribution in [3.63, 3.8) is 0 Å². The molecule has 3 N–H and O–H groups in total. The number of carbonyl (C=O) groups excluding carboxylic acids is 1. The lowest BCUT2D eigenvalue weighted by Gasteiger charge is -1.95. The van der Waals surface area contributed by atoms with Crippen LogP contribution in [-0.4, -0.2) is 40.6 Å². The van der Waals surface area contributed by atoms with E-state index in [-0.39, 0.29) is 35.6 Å². The lowest BCUT2D eigenvalue weighted by atomic mass is 10.4. The summed E-state index contributed by atoms with van der Waals surface area (Å²) in [6, 6.07) is 0. The average Bonchev–Trinajstić information content (AvgIpc) is 2.02. The van der Waals surface area contributed by atoms with Crippen molar-refractivity contribution in [2.75, 3.05) is 34.7 Å². The van der Waals surface area contributed by atoms with Gasteiger partial charge in [0.15, 0.2) is 0 Å². The van der Waals surface area contributed by atoms with Crippen molar-refractivity contribution in [3.8, 4) is 0 Å². The third-order valence-electron chi connectivity index (χ3n) is 0.881. The minimum atomic E-state index is 0. The number of hydrogen-bond donors (Lipinski definition) is 3. The molecule has 0 aromatic heterocycles. The van der Waals surface area contributed by atoms with Crippen molar-refractivity contribution in [1.82, 2.24) is 16.0 Å². The van der Waals surface area contributed by atoms with E-state index in [9.17, 15) is 4.79 Å². The summed E-state index contributed by atoms with van der Waals surface area (Å²) in [5.41, 5.74) is 0. The molecular weight excluding hydrogens is 190 g/mol. The zero-order valence-electron chi connectivity index (χ0n) is 7.82. The Morgan fingerprint density at radius 2 is 1.27 bits per heavy atom. The Bertz CT molecular complexity index is 87.9. The fraction of sp³-hybridized carbons (Fsp3) is 0.909. The molecule has 0 bridgehead atoms. The molecule has 0 aliphatic rings. The number of carbonyl (C=O) groups is 1. The number of amides is 1. The van der Waals surface area contributed by atoms with E-state index in [0.717, 1.165) is 6.54 Å².